The average molecular weight is 253 g/mol. The molecule has 0 saturated carbocycles. The van der Waals surface area contributed by atoms with Gasteiger partial charge >= 0.3 is 0 Å². The highest BCUT2D eigenvalue weighted by Gasteiger charge is 2.04. The molecule has 0 amide bonds. The highest BCUT2D eigenvalue weighted by atomic mass is 14.6. The molecule has 1 heteroatoms. The van der Waals surface area contributed by atoms with Crippen molar-refractivity contribution >= 4 is 0 Å². The molecule has 0 aliphatic rings. The zero-order valence-electron chi connectivity index (χ0n) is 12.1. The Balaban J connectivity index is 2.22. The quantitative estimate of drug-likeness (QED) is 0.825. The second kappa shape index (κ2) is 6.03. The van der Waals surface area contributed by atoms with Crippen molar-refractivity contribution in [2.75, 3.05) is 0 Å². The molecule has 0 aliphatic carbocycles. The van der Waals surface area contributed by atoms with E-state index in [0.717, 1.165) is 6.42 Å². The Bertz CT molecular complexity index is 508. The van der Waals surface area contributed by atoms with E-state index in [1.807, 2.05) is 0 Å². The van der Waals surface area contributed by atoms with Gasteiger partial charge in [-0.05, 0) is 34.6 Å². The third kappa shape index (κ3) is 3.24. The van der Waals surface area contributed by atoms with Gasteiger partial charge in [0.2, 0.25) is 0 Å². The van der Waals surface area contributed by atoms with E-state index in [1.165, 1.54) is 22.3 Å². The van der Waals surface area contributed by atoms with Gasteiger partial charge in [-0.2, -0.15) is 0 Å². The second-order valence-electron chi connectivity index (χ2n) is 5.41. The summed E-state index contributed by atoms with van der Waals surface area (Å²) in [5.74, 6) is 0.582. The molecule has 2 aromatic carbocycles. The van der Waals surface area contributed by atoms with Gasteiger partial charge in [0.15, 0.2) is 0 Å². The van der Waals surface area contributed by atoms with Crippen molar-refractivity contribution in [1.82, 2.24) is 0 Å². The maximum atomic E-state index is 6.04. The van der Waals surface area contributed by atoms with E-state index < -0.39 is 0 Å². The molecule has 0 heterocycles. The van der Waals surface area contributed by atoms with Gasteiger partial charge in [0.25, 0.3) is 0 Å². The van der Waals surface area contributed by atoms with E-state index in [4.69, 9.17) is 5.73 Å². The van der Waals surface area contributed by atoms with Crippen LogP contribution in [0, 0.1) is 0 Å². The molecule has 19 heavy (non-hydrogen) atoms. The summed E-state index contributed by atoms with van der Waals surface area (Å²) >= 11 is 0. The molecule has 2 rings (SSSR count). The molecule has 0 bridgehead atoms. The Morgan fingerprint density at radius 2 is 1.21 bits per heavy atom. The summed E-state index contributed by atoms with van der Waals surface area (Å²) in [4.78, 5) is 0. The average Bonchev–Trinajstić information content (AvgIpc) is 2.46. The van der Waals surface area contributed by atoms with Crippen molar-refractivity contribution in [2.45, 2.75) is 39.2 Å². The monoisotopic (exact) mass is 253 g/mol. The van der Waals surface area contributed by atoms with E-state index in [9.17, 15) is 0 Å². The van der Waals surface area contributed by atoms with Crippen LogP contribution in [-0.4, -0.2) is 0 Å². The Kier molecular flexibility index (Phi) is 4.39. The zero-order valence-corrected chi connectivity index (χ0v) is 12.1. The van der Waals surface area contributed by atoms with Crippen LogP contribution in [0.4, 0.5) is 0 Å². The molecule has 0 saturated heterocycles. The molecule has 2 N–H and O–H groups in total. The first-order valence-electron chi connectivity index (χ1n) is 7.07. The first kappa shape index (κ1) is 13.8. The van der Waals surface area contributed by atoms with Crippen molar-refractivity contribution in [3.05, 3.63) is 59.7 Å². The fraction of sp³-hybridized carbons (Fsp3) is 0.333. The molecule has 100 valence electrons. The first-order valence-corrected chi connectivity index (χ1v) is 7.07. The van der Waals surface area contributed by atoms with Crippen LogP contribution in [0.25, 0.3) is 11.1 Å². The van der Waals surface area contributed by atoms with Crippen LogP contribution in [0.3, 0.4) is 0 Å². The summed E-state index contributed by atoms with van der Waals surface area (Å²) in [5, 5.41) is 0. The number of benzene rings is 2. The second-order valence-corrected chi connectivity index (χ2v) is 5.41. The minimum Gasteiger partial charge on any atom is -0.324 e. The van der Waals surface area contributed by atoms with Crippen molar-refractivity contribution in [3.8, 4) is 11.1 Å². The fourth-order valence-electron chi connectivity index (χ4n) is 2.22. The molecule has 0 spiro atoms. The normalized spacial score (nSPS) is 12.7. The van der Waals surface area contributed by atoms with Gasteiger partial charge in [0.05, 0.1) is 0 Å². The van der Waals surface area contributed by atoms with Crippen LogP contribution in [0.2, 0.25) is 0 Å². The summed E-state index contributed by atoms with van der Waals surface area (Å²) in [6.45, 7) is 6.55. The van der Waals surface area contributed by atoms with Gasteiger partial charge in [0, 0.05) is 6.04 Å². The van der Waals surface area contributed by atoms with E-state index in [-0.39, 0.29) is 6.04 Å². The van der Waals surface area contributed by atoms with E-state index >= 15 is 0 Å². The molecule has 2 aromatic rings. The van der Waals surface area contributed by atoms with Crippen LogP contribution in [0.5, 0.6) is 0 Å². The highest BCUT2D eigenvalue weighted by Crippen LogP contribution is 2.24. The topological polar surface area (TPSA) is 26.0 Å². The number of nitrogens with two attached hydrogens (primary N) is 1. The standard InChI is InChI=1S/C18H23N/c1-4-18(19)17-11-9-16(10-12-17)15-7-5-14(6-8-15)13(2)3/h5-13,18H,4,19H2,1-3H3. The Labute approximate surface area is 116 Å². The van der Waals surface area contributed by atoms with E-state index in [0.29, 0.717) is 5.92 Å². The summed E-state index contributed by atoms with van der Waals surface area (Å²) < 4.78 is 0. The number of hydrogen-bond acceptors (Lipinski definition) is 1. The lowest BCUT2D eigenvalue weighted by Gasteiger charge is -2.11. The highest BCUT2D eigenvalue weighted by molar-refractivity contribution is 5.64. The lowest BCUT2D eigenvalue weighted by molar-refractivity contribution is 0.699. The number of rotatable bonds is 4. The van der Waals surface area contributed by atoms with Gasteiger partial charge in [-0.3, -0.25) is 0 Å². The van der Waals surface area contributed by atoms with Gasteiger partial charge < -0.3 is 5.73 Å². The fourth-order valence-corrected chi connectivity index (χ4v) is 2.22. The number of hydrogen-bond donors (Lipinski definition) is 1. The summed E-state index contributed by atoms with van der Waals surface area (Å²) in [6, 6.07) is 17.6. The van der Waals surface area contributed by atoms with Crippen LogP contribution in [0.1, 0.15) is 50.3 Å². The van der Waals surface area contributed by atoms with Crippen molar-refractivity contribution in [3.63, 3.8) is 0 Å². The molecular formula is C18H23N. The van der Waals surface area contributed by atoms with Gasteiger partial charge in [-0.1, -0.05) is 69.3 Å². The molecule has 0 radical (unpaired) electrons. The van der Waals surface area contributed by atoms with Crippen molar-refractivity contribution < 1.29 is 0 Å². The SMILES string of the molecule is CCC(N)c1ccc(-c2ccc(C(C)C)cc2)cc1. The largest absolute Gasteiger partial charge is 0.324 e. The molecule has 0 aromatic heterocycles. The predicted molar refractivity (Wildman–Crippen MR) is 83.2 cm³/mol. The smallest absolute Gasteiger partial charge is 0.0292 e. The Morgan fingerprint density at radius 1 is 0.789 bits per heavy atom. The van der Waals surface area contributed by atoms with Crippen LogP contribution >= 0.6 is 0 Å². The Morgan fingerprint density at radius 3 is 1.58 bits per heavy atom. The van der Waals surface area contributed by atoms with Crippen LogP contribution in [0.15, 0.2) is 48.5 Å². The van der Waals surface area contributed by atoms with E-state index in [1.54, 1.807) is 0 Å². The molecule has 0 aliphatic heterocycles. The maximum Gasteiger partial charge on any atom is 0.0292 e. The third-order valence-electron chi connectivity index (χ3n) is 3.69. The minimum absolute atomic E-state index is 0.150. The molecule has 1 atom stereocenters. The van der Waals surface area contributed by atoms with Gasteiger partial charge in [0.1, 0.15) is 0 Å². The molecule has 1 nitrogen and oxygen atoms in total. The maximum absolute atomic E-state index is 6.04. The lowest BCUT2D eigenvalue weighted by atomic mass is 9.97. The Hall–Kier alpha value is -1.60. The predicted octanol–water partition coefficient (Wildman–Crippen LogP) is 4.89. The van der Waals surface area contributed by atoms with Crippen molar-refractivity contribution in [1.29, 1.82) is 0 Å². The molecule has 1 unspecified atom stereocenters. The van der Waals surface area contributed by atoms with Gasteiger partial charge in [-0.25, -0.2) is 0 Å². The minimum atomic E-state index is 0.150. The first-order chi connectivity index (χ1) is 9.11. The van der Waals surface area contributed by atoms with Crippen LogP contribution in [-0.2, 0) is 0 Å². The van der Waals surface area contributed by atoms with Gasteiger partial charge in [-0.15, -0.1) is 0 Å². The molecule has 0 fully saturated rings. The lowest BCUT2D eigenvalue weighted by Crippen LogP contribution is -2.08. The third-order valence-corrected chi connectivity index (χ3v) is 3.69. The van der Waals surface area contributed by atoms with E-state index in [2.05, 4.69) is 69.3 Å². The summed E-state index contributed by atoms with van der Waals surface area (Å²) in [5.41, 5.74) is 11.1. The zero-order chi connectivity index (χ0) is 13.8. The molecular weight excluding hydrogens is 230 g/mol. The van der Waals surface area contributed by atoms with Crippen molar-refractivity contribution in [2.24, 2.45) is 5.73 Å². The van der Waals surface area contributed by atoms with Crippen LogP contribution < -0.4 is 5.73 Å². The summed E-state index contributed by atoms with van der Waals surface area (Å²) in [6.07, 6.45) is 0.975. The summed E-state index contributed by atoms with van der Waals surface area (Å²) in [7, 11) is 0.